The van der Waals surface area contributed by atoms with Gasteiger partial charge in [-0.05, 0) is 119 Å². The fraction of sp³-hybridized carbons (Fsp3) is 0.295. The molecular weight excluding hydrogens is 719 g/mol. The van der Waals surface area contributed by atoms with Gasteiger partial charge in [0.2, 0.25) is 0 Å². The number of aryl methyl sites for hydroxylation is 2. The summed E-state index contributed by atoms with van der Waals surface area (Å²) in [5.41, 5.74) is 10.6. The Morgan fingerprint density at radius 3 is 1.84 bits per heavy atom. The number of furan rings is 2. The van der Waals surface area contributed by atoms with Gasteiger partial charge in [0.25, 0.3) is 0 Å². The van der Waals surface area contributed by atoms with Crippen LogP contribution in [0, 0.1) is 19.8 Å². The maximum atomic E-state index is 6.02. The van der Waals surface area contributed by atoms with Gasteiger partial charge in [-0.25, -0.2) is 20.0 Å². The van der Waals surface area contributed by atoms with Crippen LogP contribution in [-0.4, -0.2) is 54.4 Å². The lowest BCUT2D eigenvalue weighted by molar-refractivity contribution is 0.550. The molecule has 0 bridgehead atoms. The Kier molecular flexibility index (Phi) is 8.97. The van der Waals surface area contributed by atoms with Gasteiger partial charge in [0.1, 0.15) is 29.1 Å². The Bertz CT molecular complexity index is 2380. The zero-order chi connectivity index (χ0) is 37.6. The van der Waals surface area contributed by atoms with Crippen molar-refractivity contribution in [3.05, 3.63) is 118 Å². The summed E-state index contributed by atoms with van der Waals surface area (Å²) >= 11 is 1.50. The molecule has 0 aliphatic carbocycles. The largest absolute Gasteiger partial charge is 0.446 e. The molecule has 3 aromatic heterocycles. The normalized spacial score (nSPS) is 19.3. The number of hydrogen-bond donors (Lipinski definition) is 2. The van der Waals surface area contributed by atoms with Crippen molar-refractivity contribution in [2.75, 3.05) is 46.6 Å². The second kappa shape index (κ2) is 14.6. The van der Waals surface area contributed by atoms with Crippen LogP contribution < -0.4 is 20.4 Å². The van der Waals surface area contributed by atoms with Crippen LogP contribution in [0.1, 0.15) is 66.0 Å². The molecule has 0 amide bonds. The van der Waals surface area contributed by atoms with Crippen molar-refractivity contribution in [1.29, 1.82) is 0 Å². The van der Waals surface area contributed by atoms with E-state index in [0.29, 0.717) is 29.3 Å². The lowest BCUT2D eigenvalue weighted by Gasteiger charge is -2.31. The number of dihydropyridines is 1. The molecule has 12 heteroatoms. The van der Waals surface area contributed by atoms with Crippen LogP contribution >= 0.6 is 11.3 Å². The molecule has 2 saturated heterocycles. The summed E-state index contributed by atoms with van der Waals surface area (Å²) in [5.74, 6) is 4.66. The van der Waals surface area contributed by atoms with Crippen molar-refractivity contribution >= 4 is 74.8 Å². The minimum atomic E-state index is -0.298. The molecule has 0 radical (unpaired) electrons. The number of nitrogens with zero attached hydrogens (tertiary/aromatic N) is 7. The van der Waals surface area contributed by atoms with Gasteiger partial charge in [-0.2, -0.15) is 0 Å². The number of hydrogen-bond acceptors (Lipinski definition) is 12. The molecule has 8 heterocycles. The highest BCUT2D eigenvalue weighted by molar-refractivity contribution is 7.11. The SMILES string of the molecule is Cc1ccc(Nc2cc(N3CCCCC3)ccc2C2=CC3=CC(c4ccc(N5CCCCC5)cc4Nc4ccc(C)o4)=NC4=NC(c5cncs5)=NC(=N2)C34)o1. The summed E-state index contributed by atoms with van der Waals surface area (Å²) < 4.78 is 12.0. The molecule has 2 aromatic carbocycles. The molecule has 2 fully saturated rings. The minimum Gasteiger partial charge on any atom is -0.446 e. The van der Waals surface area contributed by atoms with Crippen LogP contribution in [0.3, 0.4) is 0 Å². The molecule has 2 N–H and O–H groups in total. The number of thiazole rings is 1. The summed E-state index contributed by atoms with van der Waals surface area (Å²) in [4.78, 5) is 30.8. The number of amidine groups is 3. The second-order valence-electron chi connectivity index (χ2n) is 15.0. The third kappa shape index (κ3) is 6.78. The number of piperidine rings is 2. The van der Waals surface area contributed by atoms with Crippen molar-refractivity contribution < 1.29 is 8.83 Å². The van der Waals surface area contributed by atoms with Gasteiger partial charge in [0.05, 0.1) is 33.2 Å². The van der Waals surface area contributed by atoms with E-state index >= 15 is 0 Å². The monoisotopic (exact) mass is 761 g/mol. The second-order valence-corrected chi connectivity index (χ2v) is 15.9. The van der Waals surface area contributed by atoms with Gasteiger partial charge in [-0.1, -0.05) is 0 Å². The molecule has 56 heavy (non-hydrogen) atoms. The number of aliphatic imine (C=N–C) groups is 4. The van der Waals surface area contributed by atoms with E-state index in [-0.39, 0.29) is 5.92 Å². The van der Waals surface area contributed by atoms with Crippen LogP contribution in [0.25, 0.3) is 5.70 Å². The molecule has 5 aliphatic heterocycles. The maximum Gasteiger partial charge on any atom is 0.197 e. The first-order valence-corrected chi connectivity index (χ1v) is 20.5. The Morgan fingerprint density at radius 2 is 1.25 bits per heavy atom. The molecule has 10 rings (SSSR count). The molecule has 5 aliphatic rings. The summed E-state index contributed by atoms with van der Waals surface area (Å²) in [6, 6.07) is 21.1. The van der Waals surface area contributed by atoms with Gasteiger partial charge in [-0.3, -0.25) is 4.98 Å². The molecule has 0 saturated carbocycles. The quantitative estimate of drug-likeness (QED) is 0.153. The van der Waals surface area contributed by atoms with E-state index in [9.17, 15) is 0 Å². The van der Waals surface area contributed by atoms with Gasteiger partial charge in [0.15, 0.2) is 17.6 Å². The predicted molar refractivity (Wildman–Crippen MR) is 228 cm³/mol. The average Bonchev–Trinajstić information content (AvgIpc) is 4.01. The van der Waals surface area contributed by atoms with Crippen molar-refractivity contribution in [2.45, 2.75) is 52.4 Å². The van der Waals surface area contributed by atoms with Crippen molar-refractivity contribution in [1.82, 2.24) is 4.98 Å². The fourth-order valence-electron chi connectivity index (χ4n) is 8.20. The number of nitrogens with one attached hydrogen (secondary N) is 2. The van der Waals surface area contributed by atoms with Gasteiger partial charge in [0, 0.05) is 67.0 Å². The molecule has 11 nitrogen and oxygen atoms in total. The Labute approximate surface area is 330 Å². The van der Waals surface area contributed by atoms with Crippen LogP contribution in [0.4, 0.5) is 34.5 Å². The Hall–Kier alpha value is -6.01. The van der Waals surface area contributed by atoms with Crippen molar-refractivity contribution in [3.63, 3.8) is 0 Å². The summed E-state index contributed by atoms with van der Waals surface area (Å²) in [6.45, 7) is 8.11. The van der Waals surface area contributed by atoms with E-state index < -0.39 is 0 Å². The summed E-state index contributed by atoms with van der Waals surface area (Å²) in [5, 5.41) is 7.19. The van der Waals surface area contributed by atoms with E-state index in [1.54, 1.807) is 11.7 Å². The van der Waals surface area contributed by atoms with Crippen molar-refractivity contribution in [2.24, 2.45) is 25.9 Å². The van der Waals surface area contributed by atoms with E-state index in [1.165, 1.54) is 61.2 Å². The summed E-state index contributed by atoms with van der Waals surface area (Å²) in [6.07, 6.45) is 13.5. The van der Waals surface area contributed by atoms with Crippen LogP contribution in [0.15, 0.2) is 119 Å². The van der Waals surface area contributed by atoms with E-state index in [0.717, 1.165) is 82.1 Å². The first-order chi connectivity index (χ1) is 27.5. The molecule has 282 valence electrons. The first-order valence-electron chi connectivity index (χ1n) is 19.6. The third-order valence-corrected chi connectivity index (χ3v) is 11.8. The number of rotatable bonds is 9. The van der Waals surface area contributed by atoms with E-state index in [1.807, 2.05) is 38.1 Å². The highest BCUT2D eigenvalue weighted by Gasteiger charge is 2.37. The Morgan fingerprint density at radius 1 is 0.643 bits per heavy atom. The molecule has 0 spiro atoms. The minimum absolute atomic E-state index is 0.298. The van der Waals surface area contributed by atoms with E-state index in [4.69, 9.17) is 28.8 Å². The van der Waals surface area contributed by atoms with Gasteiger partial charge in [-0.15, -0.1) is 11.3 Å². The molecule has 1 atom stereocenters. The highest BCUT2D eigenvalue weighted by atomic mass is 32.1. The third-order valence-electron chi connectivity index (χ3n) is 11.0. The van der Waals surface area contributed by atoms with Crippen LogP contribution in [0.5, 0.6) is 0 Å². The molecule has 1 unspecified atom stereocenters. The fourth-order valence-corrected chi connectivity index (χ4v) is 8.75. The predicted octanol–water partition coefficient (Wildman–Crippen LogP) is 10.1. The van der Waals surface area contributed by atoms with E-state index in [2.05, 4.69) is 74.0 Å². The topological polar surface area (TPSA) is 119 Å². The molecular formula is C44H43N9O2S. The number of benzene rings is 2. The molecule has 5 aromatic rings. The van der Waals surface area contributed by atoms with Crippen LogP contribution in [-0.2, 0) is 0 Å². The van der Waals surface area contributed by atoms with Crippen molar-refractivity contribution in [3.8, 4) is 0 Å². The Balaban J connectivity index is 1.10. The number of aromatic nitrogens is 1. The van der Waals surface area contributed by atoms with Crippen LogP contribution in [0.2, 0.25) is 0 Å². The standard InChI is InChI=1S/C44H43N9O2S/c1-27-9-15-39(54-27)46-36-23-30(52-17-5-3-6-18-52)11-13-32(36)34-21-29-22-35(49-44-41(29)43(48-34)50-42(51-44)38-25-45-26-56-38)33-14-12-31(53-19-7-4-8-20-53)24-37(33)47-40-16-10-28(2)55-40/h9-16,21-26,41,46-47H,3-8,17-20H2,1-2H3. The summed E-state index contributed by atoms with van der Waals surface area (Å²) in [7, 11) is 0. The van der Waals surface area contributed by atoms with Gasteiger partial charge < -0.3 is 29.3 Å². The smallest absolute Gasteiger partial charge is 0.197 e. The lowest BCUT2D eigenvalue weighted by Crippen LogP contribution is -2.34. The number of anilines is 6. The zero-order valence-corrected chi connectivity index (χ0v) is 32.4. The average molecular weight is 762 g/mol. The first kappa shape index (κ1) is 34.5. The number of allylic oxidation sites excluding steroid dienone is 2. The highest BCUT2D eigenvalue weighted by Crippen LogP contribution is 2.41. The zero-order valence-electron chi connectivity index (χ0n) is 31.6. The van der Waals surface area contributed by atoms with Gasteiger partial charge >= 0.3 is 0 Å². The maximum absolute atomic E-state index is 6.02. The lowest BCUT2D eigenvalue weighted by atomic mass is 9.86.